The van der Waals surface area contributed by atoms with Gasteiger partial charge in [0.25, 0.3) is 0 Å². The largest absolute Gasteiger partial charge is 0.379 e. The lowest BCUT2D eigenvalue weighted by atomic mass is 9.93. The van der Waals surface area contributed by atoms with Gasteiger partial charge in [-0.1, -0.05) is 13.0 Å². The number of hydrogen-bond donors (Lipinski definition) is 3. The molecule has 6 heteroatoms. The summed E-state index contributed by atoms with van der Waals surface area (Å²) in [6.45, 7) is 5.03. The van der Waals surface area contributed by atoms with Crippen LogP contribution in [0.15, 0.2) is 30.6 Å². The number of aliphatic hydroxyl groups excluding tert-OH is 1. The molecular formula is C19H22N4O2. The first-order valence-electron chi connectivity index (χ1n) is 8.61. The molecule has 0 amide bonds. The van der Waals surface area contributed by atoms with Crippen LogP contribution in [0.4, 0.5) is 0 Å². The van der Waals surface area contributed by atoms with Crippen LogP contribution in [0.5, 0.6) is 0 Å². The van der Waals surface area contributed by atoms with Crippen molar-refractivity contribution >= 4 is 10.9 Å². The quantitative estimate of drug-likeness (QED) is 0.637. The fourth-order valence-electron chi connectivity index (χ4n) is 3.38. The number of H-pyrrole nitrogens is 1. The van der Waals surface area contributed by atoms with Crippen molar-refractivity contribution in [3.05, 3.63) is 47.4 Å². The number of ether oxygens (including phenoxy) is 1. The fourth-order valence-corrected chi connectivity index (χ4v) is 3.38. The molecule has 6 nitrogen and oxygen atoms in total. The number of rotatable bonds is 4. The molecule has 2 aromatic heterocycles. The van der Waals surface area contributed by atoms with Gasteiger partial charge < -0.3 is 9.84 Å². The molecule has 0 spiro atoms. The Bertz CT molecular complexity index is 906. The highest BCUT2D eigenvalue weighted by atomic mass is 16.5. The minimum absolute atomic E-state index is 0.0504. The Morgan fingerprint density at radius 2 is 2.28 bits per heavy atom. The number of aromatic amines is 1. The zero-order chi connectivity index (χ0) is 17.4. The van der Waals surface area contributed by atoms with E-state index in [2.05, 4.69) is 32.6 Å². The van der Waals surface area contributed by atoms with Crippen LogP contribution in [-0.2, 0) is 11.3 Å². The Morgan fingerprint density at radius 3 is 3.12 bits per heavy atom. The molecule has 0 aliphatic carbocycles. The molecule has 2 atom stereocenters. The summed E-state index contributed by atoms with van der Waals surface area (Å²) in [7, 11) is 0. The van der Waals surface area contributed by atoms with Gasteiger partial charge in [-0.2, -0.15) is 5.10 Å². The summed E-state index contributed by atoms with van der Waals surface area (Å²) in [5.74, 6) is 0. The van der Waals surface area contributed by atoms with Crippen molar-refractivity contribution in [2.75, 3.05) is 6.61 Å². The number of hydrogen-bond acceptors (Lipinski definition) is 5. The Kier molecular flexibility index (Phi) is 4.25. The third kappa shape index (κ3) is 2.93. The number of nitrogens with zero attached hydrogens (tertiary/aromatic N) is 2. The number of aromatic nitrogens is 3. The van der Waals surface area contributed by atoms with Gasteiger partial charge in [-0.25, -0.2) is 0 Å². The van der Waals surface area contributed by atoms with Crippen LogP contribution in [0.25, 0.3) is 22.0 Å². The van der Waals surface area contributed by atoms with E-state index in [4.69, 9.17) is 4.74 Å². The van der Waals surface area contributed by atoms with E-state index in [0.717, 1.165) is 38.9 Å². The zero-order valence-electron chi connectivity index (χ0n) is 14.4. The Morgan fingerprint density at radius 1 is 1.40 bits per heavy atom. The molecule has 0 saturated carbocycles. The third-order valence-electron chi connectivity index (χ3n) is 4.84. The van der Waals surface area contributed by atoms with E-state index < -0.39 is 6.23 Å². The second-order valence-corrected chi connectivity index (χ2v) is 6.48. The second kappa shape index (κ2) is 6.55. The molecule has 130 valence electrons. The van der Waals surface area contributed by atoms with Gasteiger partial charge in [0.05, 0.1) is 30.5 Å². The summed E-state index contributed by atoms with van der Waals surface area (Å²) in [4.78, 5) is 4.45. The van der Waals surface area contributed by atoms with E-state index in [1.807, 2.05) is 32.3 Å². The maximum Gasteiger partial charge on any atom is 0.105 e. The Balaban J connectivity index is 1.78. The van der Waals surface area contributed by atoms with Crippen LogP contribution in [-0.4, -0.2) is 33.1 Å². The summed E-state index contributed by atoms with van der Waals surface area (Å²) >= 11 is 0. The van der Waals surface area contributed by atoms with Crippen molar-refractivity contribution in [1.29, 1.82) is 0 Å². The van der Waals surface area contributed by atoms with Crippen molar-refractivity contribution in [2.24, 2.45) is 0 Å². The highest BCUT2D eigenvalue weighted by Crippen LogP contribution is 2.34. The maximum atomic E-state index is 9.95. The molecule has 1 aliphatic rings. The summed E-state index contributed by atoms with van der Waals surface area (Å²) in [5, 5.41) is 21.6. The average Bonchev–Trinajstić information content (AvgIpc) is 3.02. The monoisotopic (exact) mass is 338 g/mol. The number of aliphatic hydroxyl groups is 1. The lowest BCUT2D eigenvalue weighted by molar-refractivity contribution is 0.0479. The van der Waals surface area contributed by atoms with Gasteiger partial charge in [-0.15, -0.1) is 0 Å². The number of fused-ring (bicyclic) bond motifs is 2. The Hall–Kier alpha value is -2.28. The van der Waals surface area contributed by atoms with Crippen molar-refractivity contribution < 1.29 is 9.84 Å². The maximum absolute atomic E-state index is 9.95. The second-order valence-electron chi connectivity index (χ2n) is 6.48. The SMILES string of the molecule is CCC(O)NC1COCc2c(-c3ccc4[nH]nc(C)c4c3)cncc21. The molecule has 0 fully saturated rings. The predicted molar refractivity (Wildman–Crippen MR) is 95.9 cm³/mol. The van der Waals surface area contributed by atoms with Crippen LogP contribution < -0.4 is 5.32 Å². The average molecular weight is 338 g/mol. The lowest BCUT2D eigenvalue weighted by Gasteiger charge is -2.29. The van der Waals surface area contributed by atoms with Crippen molar-refractivity contribution in [3.63, 3.8) is 0 Å². The van der Waals surface area contributed by atoms with Crippen LogP contribution in [0.1, 0.15) is 36.2 Å². The van der Waals surface area contributed by atoms with E-state index in [1.54, 1.807) is 0 Å². The molecule has 1 aromatic carbocycles. The van der Waals surface area contributed by atoms with Gasteiger partial charge in [-0.3, -0.25) is 15.4 Å². The van der Waals surface area contributed by atoms with Gasteiger partial charge in [0.1, 0.15) is 6.23 Å². The number of pyridine rings is 1. The van der Waals surface area contributed by atoms with Gasteiger partial charge in [0.2, 0.25) is 0 Å². The first-order chi connectivity index (χ1) is 12.2. The Labute approximate surface area is 146 Å². The lowest BCUT2D eigenvalue weighted by Crippen LogP contribution is -2.37. The number of nitrogens with one attached hydrogen (secondary N) is 2. The van der Waals surface area contributed by atoms with Crippen LogP contribution in [0.2, 0.25) is 0 Å². The topological polar surface area (TPSA) is 83.1 Å². The summed E-state index contributed by atoms with van der Waals surface area (Å²) in [6.07, 6.45) is 3.86. The molecule has 0 radical (unpaired) electrons. The van der Waals surface area contributed by atoms with E-state index in [9.17, 15) is 5.11 Å². The van der Waals surface area contributed by atoms with Gasteiger partial charge in [-0.05, 0) is 42.2 Å². The molecular weight excluding hydrogens is 316 g/mol. The molecule has 2 unspecified atom stereocenters. The van der Waals surface area contributed by atoms with Gasteiger partial charge in [0.15, 0.2) is 0 Å². The summed E-state index contributed by atoms with van der Waals surface area (Å²) < 4.78 is 5.79. The molecule has 3 heterocycles. The highest BCUT2D eigenvalue weighted by Gasteiger charge is 2.25. The van der Waals surface area contributed by atoms with Crippen LogP contribution >= 0.6 is 0 Å². The molecule has 4 rings (SSSR count). The molecule has 0 bridgehead atoms. The predicted octanol–water partition coefficient (Wildman–Crippen LogP) is 2.82. The van der Waals surface area contributed by atoms with Gasteiger partial charge in [0, 0.05) is 23.3 Å². The van der Waals surface area contributed by atoms with E-state index in [-0.39, 0.29) is 6.04 Å². The standard InChI is InChI=1S/C19H22N4O2/c1-3-19(24)21-18-10-25-9-16-14(7-20-8-15(16)18)12-4-5-17-13(6-12)11(2)22-23-17/h4-8,18-19,21,24H,3,9-10H2,1-2H3,(H,22,23). The highest BCUT2D eigenvalue weighted by molar-refractivity contribution is 5.87. The van der Waals surface area contributed by atoms with E-state index in [1.165, 1.54) is 0 Å². The van der Waals surface area contributed by atoms with Gasteiger partial charge >= 0.3 is 0 Å². The third-order valence-corrected chi connectivity index (χ3v) is 4.84. The van der Waals surface area contributed by atoms with Crippen molar-refractivity contribution in [3.8, 4) is 11.1 Å². The van der Waals surface area contributed by atoms with Crippen LogP contribution in [0.3, 0.4) is 0 Å². The summed E-state index contributed by atoms with van der Waals surface area (Å²) in [6, 6.07) is 6.22. The first kappa shape index (κ1) is 16.2. The molecule has 0 saturated heterocycles. The van der Waals surface area contributed by atoms with Crippen molar-refractivity contribution in [2.45, 2.75) is 39.1 Å². The number of benzene rings is 1. The minimum atomic E-state index is -0.548. The smallest absolute Gasteiger partial charge is 0.105 e. The first-order valence-corrected chi connectivity index (χ1v) is 8.61. The molecule has 25 heavy (non-hydrogen) atoms. The molecule has 1 aliphatic heterocycles. The summed E-state index contributed by atoms with van der Waals surface area (Å²) in [5.41, 5.74) is 6.40. The molecule has 3 aromatic rings. The normalized spacial score (nSPS) is 18.3. The fraction of sp³-hybridized carbons (Fsp3) is 0.368. The van der Waals surface area contributed by atoms with E-state index >= 15 is 0 Å². The van der Waals surface area contributed by atoms with E-state index in [0.29, 0.717) is 19.6 Å². The van der Waals surface area contributed by atoms with Crippen LogP contribution in [0, 0.1) is 6.92 Å². The zero-order valence-corrected chi connectivity index (χ0v) is 14.4. The molecule has 3 N–H and O–H groups in total. The minimum Gasteiger partial charge on any atom is -0.379 e. The number of aryl methyl sites for hydroxylation is 1. The van der Waals surface area contributed by atoms with Crippen molar-refractivity contribution in [1.82, 2.24) is 20.5 Å².